The fourth-order valence-electron chi connectivity index (χ4n) is 1.62. The third kappa shape index (κ3) is 13.8. The van der Waals surface area contributed by atoms with Crippen molar-refractivity contribution in [1.82, 2.24) is 0 Å². The number of ether oxygens (including phenoxy) is 1. The summed E-state index contributed by atoms with van der Waals surface area (Å²) in [6.45, 7) is 7.01. The summed E-state index contributed by atoms with van der Waals surface area (Å²) in [6, 6.07) is 0. The molecule has 126 valence electrons. The number of hydrogen-bond acceptors (Lipinski definition) is 5. The predicted octanol–water partition coefficient (Wildman–Crippen LogP) is 1.06. The zero-order valence-electron chi connectivity index (χ0n) is 13.0. The molecule has 0 fully saturated rings. The highest BCUT2D eigenvalue weighted by molar-refractivity contribution is 7.85. The van der Waals surface area contributed by atoms with Crippen molar-refractivity contribution in [3.8, 4) is 0 Å². The van der Waals surface area contributed by atoms with E-state index in [1.807, 2.05) is 14.1 Å². The predicted molar refractivity (Wildman–Crippen MR) is 79.8 cm³/mol. The summed E-state index contributed by atoms with van der Waals surface area (Å²) in [7, 11) is 0.208. The molecule has 0 aliphatic carbocycles. The summed E-state index contributed by atoms with van der Waals surface area (Å²) < 4.78 is 35.4. The molecular weight excluding hydrogens is 298 g/mol. The Morgan fingerprint density at radius 1 is 1.19 bits per heavy atom. The molecule has 0 rings (SSSR count). The Bertz CT molecular complexity index is 430. The zero-order chi connectivity index (χ0) is 15.8. The highest BCUT2D eigenvalue weighted by Crippen LogP contribution is 2.05. The molecule has 0 aliphatic rings. The molecule has 0 aromatic rings. The van der Waals surface area contributed by atoms with Gasteiger partial charge in [-0.1, -0.05) is 6.58 Å². The second-order valence-corrected chi connectivity index (χ2v) is 7.22. The smallest absolute Gasteiger partial charge is 0.333 e. The second-order valence-electron chi connectivity index (χ2n) is 5.65. The first-order valence-corrected chi connectivity index (χ1v) is 8.24. The molecule has 0 aromatic heterocycles. The maximum absolute atomic E-state index is 11.2. The molecule has 21 heavy (non-hydrogen) atoms. The molecule has 0 aliphatic heterocycles. The van der Waals surface area contributed by atoms with Gasteiger partial charge in [0.15, 0.2) is 0 Å². The van der Waals surface area contributed by atoms with E-state index in [0.717, 1.165) is 19.4 Å². The van der Waals surface area contributed by atoms with Gasteiger partial charge in [0.05, 0.1) is 26.4 Å². The summed E-state index contributed by atoms with van der Waals surface area (Å²) in [6.07, 6.45) is 2.06. The minimum atomic E-state index is -3.84. The van der Waals surface area contributed by atoms with Crippen LogP contribution in [0.4, 0.5) is 0 Å². The highest BCUT2D eigenvalue weighted by Gasteiger charge is 2.16. The minimum Gasteiger partial charge on any atom is -0.870 e. The molecule has 0 saturated heterocycles. The van der Waals surface area contributed by atoms with Crippen LogP contribution in [0.25, 0.3) is 0 Å². The maximum Gasteiger partial charge on any atom is 0.333 e. The topological polar surface area (TPSA) is 111 Å². The Morgan fingerprint density at radius 2 is 1.76 bits per heavy atom. The molecule has 0 spiro atoms. The summed E-state index contributed by atoms with van der Waals surface area (Å²) >= 11 is 0. The van der Waals surface area contributed by atoms with Crippen molar-refractivity contribution in [1.29, 1.82) is 0 Å². The van der Waals surface area contributed by atoms with Crippen LogP contribution >= 0.6 is 0 Å². The number of hydrogen-bond donors (Lipinski definition) is 1. The van der Waals surface area contributed by atoms with Crippen molar-refractivity contribution in [2.45, 2.75) is 26.2 Å². The van der Waals surface area contributed by atoms with Crippen molar-refractivity contribution in [3.63, 3.8) is 0 Å². The van der Waals surface area contributed by atoms with Crippen LogP contribution in [0.2, 0.25) is 0 Å². The normalized spacial score (nSPS) is 11.6. The van der Waals surface area contributed by atoms with Crippen LogP contribution in [0.15, 0.2) is 12.2 Å². The van der Waals surface area contributed by atoms with Crippen molar-refractivity contribution < 1.29 is 32.5 Å². The molecule has 0 heterocycles. The van der Waals surface area contributed by atoms with E-state index in [0.29, 0.717) is 29.6 Å². The van der Waals surface area contributed by atoms with Gasteiger partial charge in [-0.2, -0.15) is 8.42 Å². The van der Waals surface area contributed by atoms with Crippen molar-refractivity contribution >= 4 is 16.1 Å². The molecule has 0 radical (unpaired) electrons. The average molecular weight is 325 g/mol. The molecule has 2 N–H and O–H groups in total. The quantitative estimate of drug-likeness (QED) is 0.211. The number of carbonyl (C=O) groups is 1. The number of nitrogens with zero attached hydrogens (tertiary/aromatic N) is 1. The molecule has 8 heteroatoms. The van der Waals surface area contributed by atoms with Gasteiger partial charge in [0, 0.05) is 5.57 Å². The van der Waals surface area contributed by atoms with Crippen LogP contribution in [0.5, 0.6) is 0 Å². The van der Waals surface area contributed by atoms with Gasteiger partial charge in [0.25, 0.3) is 10.1 Å². The lowest BCUT2D eigenvalue weighted by molar-refractivity contribution is -0.890. The monoisotopic (exact) mass is 325 g/mol. The van der Waals surface area contributed by atoms with Gasteiger partial charge in [-0.15, -0.1) is 0 Å². The summed E-state index contributed by atoms with van der Waals surface area (Å²) in [5.41, 5.74) is 0.389. The van der Waals surface area contributed by atoms with Crippen molar-refractivity contribution in [2.24, 2.45) is 0 Å². The number of rotatable bonds is 10. The Hall–Kier alpha value is -0.960. The van der Waals surface area contributed by atoms with Crippen LogP contribution in [0.1, 0.15) is 26.2 Å². The third-order valence-corrected chi connectivity index (χ3v) is 3.75. The number of likely N-dealkylation sites (N-methyl/N-ethyl adjacent to an activating group) is 1. The molecule has 0 amide bonds. The average Bonchev–Trinajstić information content (AvgIpc) is 2.26. The van der Waals surface area contributed by atoms with Crippen molar-refractivity contribution in [2.75, 3.05) is 39.5 Å². The van der Waals surface area contributed by atoms with E-state index >= 15 is 0 Å². The largest absolute Gasteiger partial charge is 0.870 e. The first kappa shape index (κ1) is 22.3. The van der Waals surface area contributed by atoms with E-state index in [-0.39, 0.29) is 17.2 Å². The zero-order valence-corrected chi connectivity index (χ0v) is 13.9. The van der Waals surface area contributed by atoms with E-state index in [4.69, 9.17) is 9.29 Å². The second kappa shape index (κ2) is 9.88. The third-order valence-electron chi connectivity index (χ3n) is 2.94. The first-order valence-electron chi connectivity index (χ1n) is 6.63. The Labute approximate surface area is 127 Å². The highest BCUT2D eigenvalue weighted by atomic mass is 32.2. The van der Waals surface area contributed by atoms with E-state index in [9.17, 15) is 13.2 Å². The number of quaternary nitrogens is 1. The number of carbonyl (C=O) groups excluding carboxylic acids is 1. The van der Waals surface area contributed by atoms with Gasteiger partial charge in [0.1, 0.15) is 13.2 Å². The van der Waals surface area contributed by atoms with E-state index in [2.05, 4.69) is 6.58 Å². The van der Waals surface area contributed by atoms with Crippen LogP contribution < -0.4 is 0 Å². The lowest BCUT2D eigenvalue weighted by Crippen LogP contribution is -2.43. The summed E-state index contributed by atoms with van der Waals surface area (Å²) in [5, 5.41) is 0. The van der Waals surface area contributed by atoms with Crippen LogP contribution in [0.3, 0.4) is 0 Å². The fraction of sp³-hybridized carbons (Fsp3) is 0.769. The van der Waals surface area contributed by atoms with E-state index in [1.54, 1.807) is 6.92 Å². The van der Waals surface area contributed by atoms with Gasteiger partial charge in [-0.05, 0) is 26.2 Å². The fourth-order valence-corrected chi connectivity index (χ4v) is 2.19. The molecule has 0 saturated carbocycles. The number of unbranched alkanes of at least 4 members (excludes halogenated alkanes) is 2. The van der Waals surface area contributed by atoms with Gasteiger partial charge < -0.3 is 14.7 Å². The van der Waals surface area contributed by atoms with Gasteiger partial charge in [-0.25, -0.2) is 4.79 Å². The molecular formula is C13H27NO6S. The Morgan fingerprint density at radius 3 is 2.24 bits per heavy atom. The summed E-state index contributed by atoms with van der Waals surface area (Å²) in [5.74, 6) is -0.561. The van der Waals surface area contributed by atoms with Gasteiger partial charge in [-0.3, -0.25) is 4.55 Å². The van der Waals surface area contributed by atoms with E-state index in [1.165, 1.54) is 0 Å². The van der Waals surface area contributed by atoms with Crippen molar-refractivity contribution in [3.05, 3.63) is 12.2 Å². The number of esters is 1. The first-order chi connectivity index (χ1) is 9.03. The lowest BCUT2D eigenvalue weighted by Gasteiger charge is -2.29. The Kier molecular flexibility index (Phi) is 10.5. The van der Waals surface area contributed by atoms with E-state index < -0.39 is 10.1 Å². The SMILES string of the molecule is C=C(C)C(=O)OCC[N+](C)(C)CCCCCS(=O)(=O)O.[OH-]. The Balaban J connectivity index is 0. The van der Waals surface area contributed by atoms with Crippen LogP contribution in [-0.4, -0.2) is 68.4 Å². The molecule has 0 aromatic carbocycles. The summed E-state index contributed by atoms with van der Waals surface area (Å²) in [4.78, 5) is 11.2. The van der Waals surface area contributed by atoms with Crippen LogP contribution in [0, 0.1) is 0 Å². The molecule has 0 bridgehead atoms. The maximum atomic E-state index is 11.2. The van der Waals surface area contributed by atoms with Gasteiger partial charge in [0.2, 0.25) is 0 Å². The minimum absolute atomic E-state index is 0. The molecule has 0 atom stereocenters. The van der Waals surface area contributed by atoms with Crippen LogP contribution in [-0.2, 0) is 19.6 Å². The molecule has 0 unspecified atom stereocenters. The lowest BCUT2D eigenvalue weighted by atomic mass is 10.2. The standard InChI is InChI=1S/C13H25NO5S.H2O/c1-12(2)13(15)19-10-9-14(3,4)8-6-5-7-11-20(16,17)18;/h1,5-11H2,2-4H3;1H2. The molecule has 7 nitrogen and oxygen atoms in total. The van der Waals surface area contributed by atoms with Gasteiger partial charge >= 0.3 is 5.97 Å².